The first kappa shape index (κ1) is 19.7. The molecule has 27 heavy (non-hydrogen) atoms. The van der Waals surface area contributed by atoms with Crippen LogP contribution in [-0.4, -0.2) is 62.0 Å². The van der Waals surface area contributed by atoms with Gasteiger partial charge in [-0.3, -0.25) is 14.5 Å². The number of hydrogen-bond donors (Lipinski definition) is 1. The Morgan fingerprint density at radius 2 is 1.89 bits per heavy atom. The molecule has 0 aliphatic carbocycles. The molecule has 0 bridgehead atoms. The van der Waals surface area contributed by atoms with Gasteiger partial charge in [0.25, 0.3) is 0 Å². The Bertz CT molecular complexity index is 658. The third-order valence-electron chi connectivity index (χ3n) is 5.78. The summed E-state index contributed by atoms with van der Waals surface area (Å²) in [5.74, 6) is 0.0798. The zero-order chi connectivity index (χ0) is 19.2. The van der Waals surface area contributed by atoms with Crippen molar-refractivity contribution < 1.29 is 14.3 Å². The van der Waals surface area contributed by atoms with Crippen LogP contribution in [0.3, 0.4) is 0 Å². The summed E-state index contributed by atoms with van der Waals surface area (Å²) in [5.41, 5.74) is 1.09. The maximum absolute atomic E-state index is 12.8. The first-order valence-corrected chi connectivity index (χ1v) is 10.0. The summed E-state index contributed by atoms with van der Waals surface area (Å²) < 4.78 is 5.56. The lowest BCUT2D eigenvalue weighted by atomic mass is 10.0. The topological polar surface area (TPSA) is 61.9 Å². The molecule has 148 valence electrons. The molecule has 2 saturated heterocycles. The van der Waals surface area contributed by atoms with Gasteiger partial charge < -0.3 is 15.0 Å². The standard InChI is InChI=1S/C21H31N3O3/c1-23-12-6-5-10-17(21(23)26)20(25)22-15-18(24-13-7-8-14-24)16-9-3-4-11-19(16)27-2/h3-4,9,11,17-18H,5-8,10,12-15H2,1-2H3,(H,22,25). The number of carbonyl (C=O) groups excluding carboxylic acids is 2. The highest BCUT2D eigenvalue weighted by Gasteiger charge is 2.32. The van der Waals surface area contributed by atoms with Crippen molar-refractivity contribution in [2.45, 2.75) is 38.1 Å². The van der Waals surface area contributed by atoms with E-state index in [2.05, 4.69) is 16.3 Å². The minimum atomic E-state index is -0.561. The molecule has 0 aromatic heterocycles. The Kier molecular flexibility index (Phi) is 6.72. The normalized spacial score (nSPS) is 22.4. The van der Waals surface area contributed by atoms with E-state index >= 15 is 0 Å². The Labute approximate surface area is 161 Å². The summed E-state index contributed by atoms with van der Waals surface area (Å²) in [6.07, 6.45) is 4.86. The van der Waals surface area contributed by atoms with E-state index in [0.717, 1.165) is 43.8 Å². The van der Waals surface area contributed by atoms with Crippen molar-refractivity contribution in [3.63, 3.8) is 0 Å². The third-order valence-corrected chi connectivity index (χ3v) is 5.78. The van der Waals surface area contributed by atoms with Crippen LogP contribution in [0.15, 0.2) is 24.3 Å². The van der Waals surface area contributed by atoms with Gasteiger partial charge in [-0.15, -0.1) is 0 Å². The Morgan fingerprint density at radius 3 is 2.63 bits per heavy atom. The maximum Gasteiger partial charge on any atom is 0.234 e. The fraction of sp³-hybridized carbons (Fsp3) is 0.619. The first-order valence-electron chi connectivity index (χ1n) is 10.0. The van der Waals surface area contributed by atoms with E-state index in [9.17, 15) is 9.59 Å². The van der Waals surface area contributed by atoms with E-state index in [4.69, 9.17) is 4.74 Å². The second-order valence-corrected chi connectivity index (χ2v) is 7.55. The van der Waals surface area contributed by atoms with Crippen LogP contribution in [0.4, 0.5) is 0 Å². The molecular weight excluding hydrogens is 342 g/mol. The van der Waals surface area contributed by atoms with E-state index in [-0.39, 0.29) is 17.9 Å². The average molecular weight is 373 g/mol. The van der Waals surface area contributed by atoms with Crippen LogP contribution < -0.4 is 10.1 Å². The molecular formula is C21H31N3O3. The maximum atomic E-state index is 12.8. The SMILES string of the molecule is COc1ccccc1C(CNC(=O)C1CCCCN(C)C1=O)N1CCCC1. The van der Waals surface area contributed by atoms with E-state index in [1.54, 1.807) is 19.1 Å². The summed E-state index contributed by atoms with van der Waals surface area (Å²) in [5, 5.41) is 3.07. The van der Waals surface area contributed by atoms with Crippen molar-refractivity contribution in [3.05, 3.63) is 29.8 Å². The van der Waals surface area contributed by atoms with Gasteiger partial charge in [-0.25, -0.2) is 0 Å². The van der Waals surface area contributed by atoms with Crippen LogP contribution in [0.25, 0.3) is 0 Å². The van der Waals surface area contributed by atoms with Gasteiger partial charge in [0.2, 0.25) is 11.8 Å². The molecule has 6 nitrogen and oxygen atoms in total. The number of methoxy groups -OCH3 is 1. The molecule has 6 heteroatoms. The van der Waals surface area contributed by atoms with Gasteiger partial charge in [0.1, 0.15) is 11.7 Å². The van der Waals surface area contributed by atoms with Crippen molar-refractivity contribution in [1.29, 1.82) is 0 Å². The van der Waals surface area contributed by atoms with Crippen molar-refractivity contribution >= 4 is 11.8 Å². The van der Waals surface area contributed by atoms with Gasteiger partial charge in [0.05, 0.1) is 13.2 Å². The number of hydrogen-bond acceptors (Lipinski definition) is 4. The number of ether oxygens (including phenoxy) is 1. The number of para-hydroxylation sites is 1. The lowest BCUT2D eigenvalue weighted by Gasteiger charge is -2.30. The van der Waals surface area contributed by atoms with Crippen molar-refractivity contribution in [2.24, 2.45) is 5.92 Å². The molecule has 1 aromatic rings. The number of amides is 2. The average Bonchev–Trinajstić information content (AvgIpc) is 3.16. The van der Waals surface area contributed by atoms with Gasteiger partial charge in [-0.2, -0.15) is 0 Å². The Hall–Kier alpha value is -2.08. The zero-order valence-electron chi connectivity index (χ0n) is 16.4. The van der Waals surface area contributed by atoms with Crippen LogP contribution in [0.5, 0.6) is 5.75 Å². The largest absolute Gasteiger partial charge is 0.496 e. The molecule has 0 saturated carbocycles. The monoisotopic (exact) mass is 373 g/mol. The van der Waals surface area contributed by atoms with Gasteiger partial charge in [-0.1, -0.05) is 24.6 Å². The number of benzene rings is 1. The van der Waals surface area contributed by atoms with Gasteiger partial charge >= 0.3 is 0 Å². The van der Waals surface area contributed by atoms with Gasteiger partial charge in [0, 0.05) is 25.7 Å². The molecule has 2 aliphatic rings. The second-order valence-electron chi connectivity index (χ2n) is 7.55. The fourth-order valence-electron chi connectivity index (χ4n) is 4.19. The van der Waals surface area contributed by atoms with Crippen molar-refractivity contribution in [1.82, 2.24) is 15.1 Å². The lowest BCUT2D eigenvalue weighted by Crippen LogP contribution is -2.44. The van der Waals surface area contributed by atoms with Gasteiger partial charge in [0.15, 0.2) is 0 Å². The molecule has 2 unspecified atom stereocenters. The predicted octanol–water partition coefficient (Wildman–Crippen LogP) is 2.21. The van der Waals surface area contributed by atoms with Gasteiger partial charge in [-0.05, 0) is 44.8 Å². The fourth-order valence-corrected chi connectivity index (χ4v) is 4.19. The highest BCUT2D eigenvalue weighted by atomic mass is 16.5. The molecule has 1 aromatic carbocycles. The highest BCUT2D eigenvalue weighted by molar-refractivity contribution is 6.00. The minimum Gasteiger partial charge on any atom is -0.496 e. The summed E-state index contributed by atoms with van der Waals surface area (Å²) in [7, 11) is 3.47. The summed E-state index contributed by atoms with van der Waals surface area (Å²) in [4.78, 5) is 29.4. The highest BCUT2D eigenvalue weighted by Crippen LogP contribution is 2.31. The molecule has 0 spiro atoms. The molecule has 0 radical (unpaired) electrons. The van der Waals surface area contributed by atoms with E-state index in [0.29, 0.717) is 13.0 Å². The summed E-state index contributed by atoms with van der Waals surface area (Å²) in [6, 6.07) is 8.06. The molecule has 2 aliphatic heterocycles. The smallest absolute Gasteiger partial charge is 0.234 e. The summed E-state index contributed by atoms with van der Waals surface area (Å²) in [6.45, 7) is 3.26. The number of rotatable bonds is 6. The number of carbonyl (C=O) groups is 2. The summed E-state index contributed by atoms with van der Waals surface area (Å²) >= 11 is 0. The van der Waals surface area contributed by atoms with E-state index < -0.39 is 5.92 Å². The van der Waals surface area contributed by atoms with Crippen molar-refractivity contribution in [3.8, 4) is 5.75 Å². The quantitative estimate of drug-likeness (QED) is 0.777. The van der Waals surface area contributed by atoms with Crippen LogP contribution >= 0.6 is 0 Å². The van der Waals surface area contributed by atoms with Crippen molar-refractivity contribution in [2.75, 3.05) is 40.3 Å². The van der Waals surface area contributed by atoms with E-state index in [1.165, 1.54) is 12.8 Å². The molecule has 2 atom stereocenters. The molecule has 2 fully saturated rings. The lowest BCUT2D eigenvalue weighted by molar-refractivity contribution is -0.140. The Morgan fingerprint density at radius 1 is 1.19 bits per heavy atom. The number of nitrogens with one attached hydrogen (secondary N) is 1. The van der Waals surface area contributed by atoms with Crippen LogP contribution in [0.2, 0.25) is 0 Å². The first-order chi connectivity index (χ1) is 13.1. The molecule has 2 heterocycles. The third kappa shape index (κ3) is 4.61. The molecule has 2 amide bonds. The van der Waals surface area contributed by atoms with Crippen LogP contribution in [0, 0.1) is 5.92 Å². The van der Waals surface area contributed by atoms with E-state index in [1.807, 2.05) is 18.2 Å². The predicted molar refractivity (Wildman–Crippen MR) is 105 cm³/mol. The van der Waals surface area contributed by atoms with Crippen LogP contribution in [0.1, 0.15) is 43.7 Å². The second kappa shape index (κ2) is 9.22. The van der Waals surface area contributed by atoms with Crippen LogP contribution in [-0.2, 0) is 9.59 Å². The molecule has 1 N–H and O–H groups in total. The molecule has 3 rings (SSSR count). The minimum absolute atomic E-state index is 0.0555. The number of likely N-dealkylation sites (tertiary alicyclic amines) is 2. The zero-order valence-corrected chi connectivity index (χ0v) is 16.4. The number of nitrogens with zero attached hydrogens (tertiary/aromatic N) is 2. The Balaban J connectivity index is 1.72.